The molecule has 3 N–H and O–H groups in total. The van der Waals surface area contributed by atoms with Gasteiger partial charge in [-0.3, -0.25) is 4.90 Å². The largest absolute Gasteiger partial charge is 0.389 e. The first kappa shape index (κ1) is 21.2. The summed E-state index contributed by atoms with van der Waals surface area (Å²) in [7, 11) is 0. The molecule has 170 valence electrons. The summed E-state index contributed by atoms with van der Waals surface area (Å²) in [6, 6.07) is 8.16. The van der Waals surface area contributed by atoms with Crippen LogP contribution in [-0.2, 0) is 6.54 Å². The van der Waals surface area contributed by atoms with Gasteiger partial charge < -0.3 is 15.7 Å². The fourth-order valence-corrected chi connectivity index (χ4v) is 4.23. The molecule has 10 heteroatoms. The number of aliphatic hydroxyl groups is 1. The molecule has 1 saturated heterocycles. The second-order valence-electron chi connectivity index (χ2n) is 8.22. The molecule has 0 aliphatic carbocycles. The Bertz CT molecular complexity index is 1350. The second-order valence-corrected chi connectivity index (χ2v) is 8.22. The summed E-state index contributed by atoms with van der Waals surface area (Å²) in [5.74, 6) is 6.35. The van der Waals surface area contributed by atoms with E-state index in [0.717, 1.165) is 49.4 Å². The van der Waals surface area contributed by atoms with Crippen molar-refractivity contribution in [2.24, 2.45) is 0 Å². The molecule has 10 nitrogen and oxygen atoms in total. The van der Waals surface area contributed by atoms with Crippen LogP contribution in [0.5, 0.6) is 0 Å². The zero-order valence-electron chi connectivity index (χ0n) is 18.8. The predicted molar refractivity (Wildman–Crippen MR) is 127 cm³/mol. The Labute approximate surface area is 191 Å². The van der Waals surface area contributed by atoms with Gasteiger partial charge in [-0.15, -0.1) is 5.10 Å². The van der Waals surface area contributed by atoms with Gasteiger partial charge in [-0.05, 0) is 37.5 Å². The molecule has 5 rings (SSSR count). The van der Waals surface area contributed by atoms with Crippen molar-refractivity contribution in [3.8, 4) is 11.8 Å². The summed E-state index contributed by atoms with van der Waals surface area (Å²) in [6.45, 7) is 8.91. The first-order valence-electron chi connectivity index (χ1n) is 11.1. The number of benzene rings is 1. The highest BCUT2D eigenvalue weighted by Gasteiger charge is 2.19. The SMILES string of the molecule is CC#Cc1nc2c3cnn(CCN4CCN(c5cccc([C@H](C)O)c5)CC4)c3nc(N)n2n1. The molecule has 0 amide bonds. The van der Waals surface area contributed by atoms with Crippen molar-refractivity contribution in [1.82, 2.24) is 34.3 Å². The van der Waals surface area contributed by atoms with Gasteiger partial charge >= 0.3 is 0 Å². The molecule has 1 aliphatic rings. The number of nitrogens with two attached hydrogens (primary N) is 1. The number of nitrogen functional groups attached to an aromatic ring is 1. The molecule has 1 aliphatic heterocycles. The number of hydrogen-bond donors (Lipinski definition) is 2. The zero-order valence-corrected chi connectivity index (χ0v) is 18.8. The van der Waals surface area contributed by atoms with E-state index in [0.29, 0.717) is 23.7 Å². The third kappa shape index (κ3) is 4.08. The van der Waals surface area contributed by atoms with Crippen molar-refractivity contribution in [1.29, 1.82) is 0 Å². The van der Waals surface area contributed by atoms with E-state index in [4.69, 9.17) is 5.73 Å². The number of piperazine rings is 1. The molecule has 0 bridgehead atoms. The second kappa shape index (κ2) is 8.69. The number of aliphatic hydroxyl groups excluding tert-OH is 1. The van der Waals surface area contributed by atoms with E-state index in [-0.39, 0.29) is 5.95 Å². The molecule has 3 aromatic heterocycles. The standard InChI is InChI=1S/C23H27N9O/c1-3-5-20-26-22-19-15-25-31(21(19)27-23(24)32(22)28-20)13-10-29-8-11-30(12-9-29)18-7-4-6-17(14-18)16(2)33/h4,6-7,14-16,33H,8-13H2,1-2H3,(H2,24,27)/t16-/m0/s1. The van der Waals surface area contributed by atoms with E-state index >= 15 is 0 Å². The first-order valence-corrected chi connectivity index (χ1v) is 11.1. The number of anilines is 2. The van der Waals surface area contributed by atoms with Crippen molar-refractivity contribution in [3.63, 3.8) is 0 Å². The van der Waals surface area contributed by atoms with Crippen LogP contribution in [0, 0.1) is 11.8 Å². The summed E-state index contributed by atoms with van der Waals surface area (Å²) < 4.78 is 3.39. The van der Waals surface area contributed by atoms with Crippen LogP contribution in [0.3, 0.4) is 0 Å². The zero-order chi connectivity index (χ0) is 22.9. The Morgan fingerprint density at radius 3 is 2.70 bits per heavy atom. The average Bonchev–Trinajstić information content (AvgIpc) is 3.43. The fraction of sp³-hybridized carbons (Fsp3) is 0.391. The van der Waals surface area contributed by atoms with Gasteiger partial charge in [0.25, 0.3) is 0 Å². The minimum atomic E-state index is -0.456. The third-order valence-electron chi connectivity index (χ3n) is 6.05. The van der Waals surface area contributed by atoms with Crippen LogP contribution in [0.1, 0.15) is 31.3 Å². The lowest BCUT2D eigenvalue weighted by atomic mass is 10.1. The molecule has 0 spiro atoms. The van der Waals surface area contributed by atoms with Gasteiger partial charge in [-0.2, -0.15) is 19.6 Å². The van der Waals surface area contributed by atoms with E-state index in [1.807, 2.05) is 16.8 Å². The van der Waals surface area contributed by atoms with E-state index in [1.165, 1.54) is 4.52 Å². The monoisotopic (exact) mass is 445 g/mol. The lowest BCUT2D eigenvalue weighted by Crippen LogP contribution is -2.47. The topological polar surface area (TPSA) is 114 Å². The predicted octanol–water partition coefficient (Wildman–Crippen LogP) is 1.30. The molecule has 1 aromatic carbocycles. The van der Waals surface area contributed by atoms with Crippen LogP contribution in [0.15, 0.2) is 30.5 Å². The van der Waals surface area contributed by atoms with Crippen LogP contribution >= 0.6 is 0 Å². The maximum Gasteiger partial charge on any atom is 0.226 e. The minimum absolute atomic E-state index is 0.268. The maximum atomic E-state index is 9.86. The van der Waals surface area contributed by atoms with Crippen LogP contribution < -0.4 is 10.6 Å². The Balaban J connectivity index is 1.26. The summed E-state index contributed by atoms with van der Waals surface area (Å²) in [5, 5.41) is 19.5. The van der Waals surface area contributed by atoms with E-state index < -0.39 is 6.10 Å². The Hall–Kier alpha value is -3.68. The number of nitrogens with zero attached hydrogens (tertiary/aromatic N) is 8. The van der Waals surface area contributed by atoms with Crippen molar-refractivity contribution in [3.05, 3.63) is 41.9 Å². The Morgan fingerprint density at radius 2 is 1.94 bits per heavy atom. The van der Waals surface area contributed by atoms with Gasteiger partial charge in [0.2, 0.25) is 11.8 Å². The minimum Gasteiger partial charge on any atom is -0.389 e. The first-order chi connectivity index (χ1) is 16.0. The normalized spacial score (nSPS) is 15.7. The molecule has 33 heavy (non-hydrogen) atoms. The van der Waals surface area contributed by atoms with Gasteiger partial charge in [-0.25, -0.2) is 4.68 Å². The molecule has 0 radical (unpaired) electrons. The highest BCUT2D eigenvalue weighted by molar-refractivity contribution is 5.89. The third-order valence-corrected chi connectivity index (χ3v) is 6.05. The number of fused-ring (bicyclic) bond motifs is 3. The maximum absolute atomic E-state index is 9.86. The highest BCUT2D eigenvalue weighted by atomic mass is 16.3. The summed E-state index contributed by atoms with van der Waals surface area (Å²) in [5.41, 5.74) is 9.56. The van der Waals surface area contributed by atoms with Gasteiger partial charge in [0.1, 0.15) is 0 Å². The van der Waals surface area contributed by atoms with Crippen molar-refractivity contribution >= 4 is 28.3 Å². The van der Waals surface area contributed by atoms with Crippen molar-refractivity contribution in [2.75, 3.05) is 43.4 Å². The lowest BCUT2D eigenvalue weighted by Gasteiger charge is -2.36. The van der Waals surface area contributed by atoms with Gasteiger partial charge in [0.05, 0.1) is 24.2 Å². The van der Waals surface area contributed by atoms with E-state index in [2.05, 4.69) is 53.9 Å². The number of aromatic nitrogens is 6. The van der Waals surface area contributed by atoms with Gasteiger partial charge in [0.15, 0.2) is 11.3 Å². The van der Waals surface area contributed by atoms with Gasteiger partial charge in [0, 0.05) is 38.4 Å². The lowest BCUT2D eigenvalue weighted by molar-refractivity contribution is 0.199. The molecule has 4 aromatic rings. The van der Waals surface area contributed by atoms with Gasteiger partial charge in [-0.1, -0.05) is 18.1 Å². The Morgan fingerprint density at radius 1 is 1.12 bits per heavy atom. The summed E-state index contributed by atoms with van der Waals surface area (Å²) in [6.07, 6.45) is 1.31. The highest BCUT2D eigenvalue weighted by Crippen LogP contribution is 2.22. The molecular formula is C23H27N9O. The molecule has 0 unspecified atom stereocenters. The quantitative estimate of drug-likeness (QED) is 0.442. The van der Waals surface area contributed by atoms with Crippen LogP contribution in [0.4, 0.5) is 11.6 Å². The van der Waals surface area contributed by atoms with Crippen LogP contribution in [-0.4, -0.2) is 72.1 Å². The van der Waals surface area contributed by atoms with Crippen molar-refractivity contribution in [2.45, 2.75) is 26.5 Å². The Kier molecular flexibility index (Phi) is 5.58. The molecule has 4 heterocycles. The smallest absolute Gasteiger partial charge is 0.226 e. The summed E-state index contributed by atoms with van der Waals surface area (Å²) in [4.78, 5) is 13.8. The molecule has 1 atom stereocenters. The number of hydrogen-bond acceptors (Lipinski definition) is 8. The number of rotatable bonds is 5. The molecule has 1 fully saturated rings. The fourth-order valence-electron chi connectivity index (χ4n) is 4.23. The van der Waals surface area contributed by atoms with E-state index in [9.17, 15) is 5.11 Å². The molecule has 0 saturated carbocycles. The van der Waals surface area contributed by atoms with Crippen molar-refractivity contribution < 1.29 is 5.11 Å². The average molecular weight is 446 g/mol. The van der Waals surface area contributed by atoms with E-state index in [1.54, 1.807) is 20.0 Å². The van der Waals surface area contributed by atoms with Crippen LogP contribution in [0.25, 0.3) is 16.7 Å². The summed E-state index contributed by atoms with van der Waals surface area (Å²) >= 11 is 0. The molecular weight excluding hydrogens is 418 g/mol. The van der Waals surface area contributed by atoms with Crippen LogP contribution in [0.2, 0.25) is 0 Å².